The molecule has 0 aliphatic carbocycles. The molecule has 0 unspecified atom stereocenters. The summed E-state index contributed by atoms with van der Waals surface area (Å²) in [5, 5.41) is 0. The lowest BCUT2D eigenvalue weighted by atomic mass is 10.3. The third-order valence-electron chi connectivity index (χ3n) is 1.85. The fourth-order valence-corrected chi connectivity index (χ4v) is 1.63. The van der Waals surface area contributed by atoms with Gasteiger partial charge in [0.15, 0.2) is 6.29 Å². The van der Waals surface area contributed by atoms with E-state index >= 15 is 0 Å². The number of carbonyl (C=O) groups excluding carboxylic acids is 1. The van der Waals surface area contributed by atoms with Gasteiger partial charge in [0.2, 0.25) is 15.9 Å². The number of sulfonamides is 1. The Balaban J connectivity index is 3.14. The van der Waals surface area contributed by atoms with Gasteiger partial charge in [-0.25, -0.2) is 13.4 Å². The lowest BCUT2D eigenvalue weighted by Crippen LogP contribution is -2.15. The van der Waals surface area contributed by atoms with Crippen LogP contribution in [-0.4, -0.2) is 32.6 Å². The largest absolute Gasteiger partial charge is 0.480 e. The molecule has 88 valence electrons. The van der Waals surface area contributed by atoms with Crippen LogP contribution in [0, 0.1) is 0 Å². The molecule has 0 fully saturated rings. The summed E-state index contributed by atoms with van der Waals surface area (Å²) in [6.07, 6.45) is 1.88. The molecular formula is C9H12N2O4S. The summed E-state index contributed by atoms with van der Waals surface area (Å²) < 4.78 is 29.9. The highest BCUT2D eigenvalue weighted by atomic mass is 32.2. The Morgan fingerprint density at radius 1 is 1.56 bits per heavy atom. The van der Waals surface area contributed by atoms with E-state index in [1.54, 1.807) is 0 Å². The summed E-state index contributed by atoms with van der Waals surface area (Å²) in [7, 11) is -2.05. The zero-order chi connectivity index (χ0) is 12.2. The van der Waals surface area contributed by atoms with E-state index in [9.17, 15) is 13.2 Å². The van der Waals surface area contributed by atoms with Crippen LogP contribution in [-0.2, 0) is 10.0 Å². The number of carbonyl (C=O) groups is 1. The number of methoxy groups -OCH3 is 1. The summed E-state index contributed by atoms with van der Waals surface area (Å²) in [5.74, 6) is 0.0594. The van der Waals surface area contributed by atoms with E-state index in [0.717, 1.165) is 0 Å². The molecule has 0 radical (unpaired) electrons. The van der Waals surface area contributed by atoms with Crippen molar-refractivity contribution < 1.29 is 17.9 Å². The average molecular weight is 244 g/mol. The van der Waals surface area contributed by atoms with Gasteiger partial charge in [-0.1, -0.05) is 0 Å². The zero-order valence-corrected chi connectivity index (χ0v) is 9.74. The van der Waals surface area contributed by atoms with Gasteiger partial charge in [0, 0.05) is 11.8 Å². The Morgan fingerprint density at radius 3 is 2.75 bits per heavy atom. The van der Waals surface area contributed by atoms with Crippen molar-refractivity contribution in [1.82, 2.24) is 4.98 Å². The number of nitrogens with one attached hydrogen (secondary N) is 1. The summed E-state index contributed by atoms with van der Waals surface area (Å²) in [6, 6.07) is 1.37. The van der Waals surface area contributed by atoms with Crippen molar-refractivity contribution in [3.05, 3.63) is 17.8 Å². The molecule has 1 N–H and O–H groups in total. The number of pyridine rings is 1. The van der Waals surface area contributed by atoms with E-state index in [1.807, 2.05) is 0 Å². The van der Waals surface area contributed by atoms with Crippen molar-refractivity contribution in [2.75, 3.05) is 17.6 Å². The number of ether oxygens (including phenoxy) is 1. The van der Waals surface area contributed by atoms with Crippen LogP contribution in [0.2, 0.25) is 0 Å². The first-order valence-corrected chi connectivity index (χ1v) is 6.17. The summed E-state index contributed by atoms with van der Waals surface area (Å²) in [4.78, 5) is 14.3. The Kier molecular flexibility index (Phi) is 3.83. The minimum Gasteiger partial charge on any atom is -0.480 e. The van der Waals surface area contributed by atoms with Crippen molar-refractivity contribution in [3.63, 3.8) is 0 Å². The number of aromatic nitrogens is 1. The van der Waals surface area contributed by atoms with Gasteiger partial charge in [-0.3, -0.25) is 9.52 Å². The number of hydrogen-bond acceptors (Lipinski definition) is 5. The number of nitrogens with zero attached hydrogens (tertiary/aromatic N) is 1. The topological polar surface area (TPSA) is 85.4 Å². The van der Waals surface area contributed by atoms with Gasteiger partial charge in [0.05, 0.1) is 12.9 Å². The first-order chi connectivity index (χ1) is 7.52. The van der Waals surface area contributed by atoms with Crippen molar-refractivity contribution >= 4 is 22.0 Å². The molecule has 1 aromatic rings. The van der Waals surface area contributed by atoms with Gasteiger partial charge < -0.3 is 4.74 Å². The van der Waals surface area contributed by atoms with E-state index in [2.05, 4.69) is 9.71 Å². The molecule has 0 spiro atoms. The second-order valence-electron chi connectivity index (χ2n) is 2.95. The second-order valence-corrected chi connectivity index (χ2v) is 4.96. The van der Waals surface area contributed by atoms with Crippen molar-refractivity contribution in [1.29, 1.82) is 0 Å². The maximum Gasteiger partial charge on any atom is 0.238 e. The van der Waals surface area contributed by atoms with Crippen molar-refractivity contribution in [2.24, 2.45) is 0 Å². The normalized spacial score (nSPS) is 10.9. The molecule has 0 aliphatic rings. The molecule has 16 heavy (non-hydrogen) atoms. The molecule has 0 saturated heterocycles. The summed E-state index contributed by atoms with van der Waals surface area (Å²) >= 11 is 0. The Labute approximate surface area is 93.7 Å². The Hall–Kier alpha value is -1.63. The molecule has 6 nitrogen and oxygen atoms in total. The smallest absolute Gasteiger partial charge is 0.238 e. The Morgan fingerprint density at radius 2 is 2.25 bits per heavy atom. The van der Waals surface area contributed by atoms with Crippen molar-refractivity contribution in [2.45, 2.75) is 6.92 Å². The minimum absolute atomic E-state index is 0.0680. The maximum atomic E-state index is 11.4. The fraction of sp³-hybridized carbons (Fsp3) is 0.333. The molecule has 1 rings (SSSR count). The van der Waals surface area contributed by atoms with E-state index < -0.39 is 10.0 Å². The van der Waals surface area contributed by atoms with Crippen LogP contribution < -0.4 is 9.46 Å². The van der Waals surface area contributed by atoms with Crippen LogP contribution in [0.4, 0.5) is 5.69 Å². The minimum atomic E-state index is -3.42. The quantitative estimate of drug-likeness (QED) is 0.769. The lowest BCUT2D eigenvalue weighted by Gasteiger charge is -2.09. The molecule has 0 bridgehead atoms. The number of rotatable bonds is 5. The third kappa shape index (κ3) is 2.93. The van der Waals surface area contributed by atoms with Gasteiger partial charge in [-0.15, -0.1) is 0 Å². The molecule has 0 aliphatic heterocycles. The predicted molar refractivity (Wildman–Crippen MR) is 59.3 cm³/mol. The molecular weight excluding hydrogens is 232 g/mol. The monoisotopic (exact) mass is 244 g/mol. The van der Waals surface area contributed by atoms with Crippen LogP contribution in [0.25, 0.3) is 0 Å². The number of anilines is 1. The highest BCUT2D eigenvalue weighted by Crippen LogP contribution is 2.22. The summed E-state index contributed by atoms with van der Waals surface area (Å²) in [6.45, 7) is 1.51. The molecule has 1 heterocycles. The van der Waals surface area contributed by atoms with Crippen LogP contribution in [0.5, 0.6) is 5.88 Å². The summed E-state index contributed by atoms with van der Waals surface area (Å²) in [5.41, 5.74) is 0.434. The van der Waals surface area contributed by atoms with Gasteiger partial charge in [-0.05, 0) is 13.0 Å². The van der Waals surface area contributed by atoms with E-state index in [-0.39, 0.29) is 22.9 Å². The second kappa shape index (κ2) is 4.93. The van der Waals surface area contributed by atoms with Crippen LogP contribution in [0.15, 0.2) is 12.3 Å². The molecule has 0 atom stereocenters. The molecule has 0 amide bonds. The van der Waals surface area contributed by atoms with Crippen LogP contribution >= 0.6 is 0 Å². The van der Waals surface area contributed by atoms with Gasteiger partial charge in [-0.2, -0.15) is 0 Å². The van der Waals surface area contributed by atoms with Gasteiger partial charge >= 0.3 is 0 Å². The average Bonchev–Trinajstić information content (AvgIpc) is 2.28. The van der Waals surface area contributed by atoms with E-state index in [4.69, 9.17) is 4.74 Å². The third-order valence-corrected chi connectivity index (χ3v) is 3.14. The SMILES string of the molecule is CCS(=O)(=O)Nc1cc(C=O)cnc1OC. The molecule has 7 heteroatoms. The van der Waals surface area contributed by atoms with E-state index in [0.29, 0.717) is 6.29 Å². The van der Waals surface area contributed by atoms with Crippen molar-refractivity contribution in [3.8, 4) is 5.88 Å². The van der Waals surface area contributed by atoms with Crippen LogP contribution in [0.1, 0.15) is 17.3 Å². The van der Waals surface area contributed by atoms with E-state index in [1.165, 1.54) is 26.3 Å². The highest BCUT2D eigenvalue weighted by Gasteiger charge is 2.12. The molecule has 0 saturated carbocycles. The maximum absolute atomic E-state index is 11.4. The Bertz CT molecular complexity index is 484. The highest BCUT2D eigenvalue weighted by molar-refractivity contribution is 7.92. The number of aldehydes is 1. The van der Waals surface area contributed by atoms with Gasteiger partial charge in [0.25, 0.3) is 0 Å². The molecule has 0 aromatic carbocycles. The van der Waals surface area contributed by atoms with Crippen LogP contribution in [0.3, 0.4) is 0 Å². The van der Waals surface area contributed by atoms with Gasteiger partial charge in [0.1, 0.15) is 5.69 Å². The lowest BCUT2D eigenvalue weighted by molar-refractivity contribution is 0.112. The fourth-order valence-electron chi connectivity index (χ4n) is 1.01. The first kappa shape index (κ1) is 12.4. The molecule has 1 aromatic heterocycles. The standard InChI is InChI=1S/C9H12N2O4S/c1-3-16(13,14)11-8-4-7(6-12)5-10-9(8)15-2/h4-6,11H,3H2,1-2H3. The number of hydrogen-bond donors (Lipinski definition) is 1. The zero-order valence-electron chi connectivity index (χ0n) is 8.93. The predicted octanol–water partition coefficient (Wildman–Crippen LogP) is 0.664. The first-order valence-electron chi connectivity index (χ1n) is 4.52.